The van der Waals surface area contributed by atoms with Crippen LogP contribution in [0.25, 0.3) is 0 Å². The number of anilines is 1. The van der Waals surface area contributed by atoms with E-state index in [1.165, 1.54) is 0 Å². The number of aliphatic hydroxyl groups is 1. The molecule has 0 saturated carbocycles. The first-order valence-corrected chi connectivity index (χ1v) is 6.54. The second-order valence-electron chi connectivity index (χ2n) is 5.07. The van der Waals surface area contributed by atoms with Crippen LogP contribution < -0.4 is 4.90 Å². The lowest BCUT2D eigenvalue weighted by molar-refractivity contribution is -0.384. The second-order valence-corrected chi connectivity index (χ2v) is 5.07. The summed E-state index contributed by atoms with van der Waals surface area (Å²) in [7, 11) is 0. The molecule has 0 bridgehead atoms. The molecule has 1 aromatic carbocycles. The quantitative estimate of drug-likeness (QED) is 0.689. The van der Waals surface area contributed by atoms with Gasteiger partial charge in [-0.25, -0.2) is 0 Å². The van der Waals surface area contributed by atoms with E-state index < -0.39 is 22.4 Å². The highest BCUT2D eigenvalue weighted by Crippen LogP contribution is 2.37. The van der Waals surface area contributed by atoms with Crippen LogP contribution in [0.2, 0.25) is 0 Å². The lowest BCUT2D eigenvalue weighted by Crippen LogP contribution is -2.35. The monoisotopic (exact) mass is 304 g/mol. The van der Waals surface area contributed by atoms with Crippen LogP contribution in [-0.4, -0.2) is 29.7 Å². The minimum absolute atomic E-state index is 0.0585. The van der Waals surface area contributed by atoms with Crippen LogP contribution in [0.5, 0.6) is 0 Å². The van der Waals surface area contributed by atoms with Gasteiger partial charge in [-0.2, -0.15) is 13.2 Å². The zero-order valence-corrected chi connectivity index (χ0v) is 11.1. The number of aliphatic hydroxyl groups excluding tert-OH is 1. The van der Waals surface area contributed by atoms with Crippen molar-refractivity contribution in [2.24, 2.45) is 5.92 Å². The molecule has 8 heteroatoms. The van der Waals surface area contributed by atoms with Crippen molar-refractivity contribution in [1.82, 2.24) is 0 Å². The van der Waals surface area contributed by atoms with E-state index in [0.717, 1.165) is 12.1 Å². The Labute approximate surface area is 119 Å². The van der Waals surface area contributed by atoms with Gasteiger partial charge in [0.1, 0.15) is 5.69 Å². The van der Waals surface area contributed by atoms with E-state index >= 15 is 0 Å². The summed E-state index contributed by atoms with van der Waals surface area (Å²) in [4.78, 5) is 11.9. The number of hydrogen-bond donors (Lipinski definition) is 1. The summed E-state index contributed by atoms with van der Waals surface area (Å²) in [6.07, 6.45) is -3.28. The van der Waals surface area contributed by atoms with E-state index in [2.05, 4.69) is 0 Å². The summed E-state index contributed by atoms with van der Waals surface area (Å²) in [5, 5.41) is 20.1. The van der Waals surface area contributed by atoms with Gasteiger partial charge in [0.25, 0.3) is 5.69 Å². The molecule has 0 amide bonds. The average molecular weight is 304 g/mol. The van der Waals surface area contributed by atoms with Crippen LogP contribution in [0.1, 0.15) is 18.4 Å². The number of halogens is 3. The number of benzene rings is 1. The maximum Gasteiger partial charge on any atom is 0.416 e. The number of nitro benzene ring substituents is 1. The van der Waals surface area contributed by atoms with E-state index in [9.17, 15) is 23.3 Å². The third-order valence-electron chi connectivity index (χ3n) is 3.71. The molecule has 1 aliphatic rings. The Hall–Kier alpha value is -1.83. The number of hydrogen-bond acceptors (Lipinski definition) is 4. The fourth-order valence-corrected chi connectivity index (χ4v) is 2.47. The molecule has 5 nitrogen and oxygen atoms in total. The van der Waals surface area contributed by atoms with Gasteiger partial charge in [-0.15, -0.1) is 0 Å². The Bertz CT molecular complexity index is 526. The molecule has 0 aromatic heterocycles. The zero-order valence-electron chi connectivity index (χ0n) is 11.1. The van der Waals surface area contributed by atoms with E-state index in [1.54, 1.807) is 4.90 Å². The van der Waals surface area contributed by atoms with Gasteiger partial charge in [0, 0.05) is 25.8 Å². The molecule has 1 N–H and O–H groups in total. The molecule has 0 spiro atoms. The van der Waals surface area contributed by atoms with Crippen molar-refractivity contribution in [3.05, 3.63) is 33.9 Å². The van der Waals surface area contributed by atoms with Crippen LogP contribution in [0.3, 0.4) is 0 Å². The first kappa shape index (κ1) is 15.6. The topological polar surface area (TPSA) is 66.6 Å². The summed E-state index contributed by atoms with van der Waals surface area (Å²) in [6, 6.07) is 2.59. The molecule has 0 unspecified atom stereocenters. The summed E-state index contributed by atoms with van der Waals surface area (Å²) >= 11 is 0. The normalized spacial score (nSPS) is 17.0. The Morgan fingerprint density at radius 1 is 1.33 bits per heavy atom. The van der Waals surface area contributed by atoms with Gasteiger partial charge in [0.15, 0.2) is 0 Å². The van der Waals surface area contributed by atoms with Gasteiger partial charge in [-0.1, -0.05) is 0 Å². The second kappa shape index (κ2) is 5.88. The molecule has 1 heterocycles. The molecular weight excluding hydrogens is 289 g/mol. The fourth-order valence-electron chi connectivity index (χ4n) is 2.47. The maximum atomic E-state index is 12.6. The molecule has 0 aliphatic carbocycles. The van der Waals surface area contributed by atoms with Crippen LogP contribution in [-0.2, 0) is 6.18 Å². The molecule has 1 aliphatic heterocycles. The van der Waals surface area contributed by atoms with Crippen LogP contribution in [0, 0.1) is 16.0 Å². The van der Waals surface area contributed by atoms with Crippen LogP contribution in [0.15, 0.2) is 18.2 Å². The largest absolute Gasteiger partial charge is 0.416 e. The van der Waals surface area contributed by atoms with Crippen molar-refractivity contribution in [3.8, 4) is 0 Å². The first-order valence-electron chi connectivity index (χ1n) is 6.54. The number of nitro groups is 1. The van der Waals surface area contributed by atoms with Gasteiger partial charge >= 0.3 is 6.18 Å². The average Bonchev–Trinajstić information content (AvgIpc) is 2.45. The predicted octanol–water partition coefficient (Wildman–Crippen LogP) is 2.82. The Balaban J connectivity index is 2.29. The molecule has 21 heavy (non-hydrogen) atoms. The molecule has 1 saturated heterocycles. The highest BCUT2D eigenvalue weighted by Gasteiger charge is 2.34. The third kappa shape index (κ3) is 3.44. The molecule has 0 atom stereocenters. The van der Waals surface area contributed by atoms with Crippen molar-refractivity contribution in [2.75, 3.05) is 24.6 Å². The number of piperidine rings is 1. The number of alkyl halides is 3. The Morgan fingerprint density at radius 2 is 1.95 bits per heavy atom. The van der Waals surface area contributed by atoms with E-state index in [4.69, 9.17) is 5.11 Å². The highest BCUT2D eigenvalue weighted by atomic mass is 19.4. The predicted molar refractivity (Wildman–Crippen MR) is 70.1 cm³/mol. The van der Waals surface area contributed by atoms with E-state index in [-0.39, 0.29) is 18.2 Å². The lowest BCUT2D eigenvalue weighted by Gasteiger charge is -2.32. The Kier molecular flexibility index (Phi) is 4.36. The van der Waals surface area contributed by atoms with E-state index in [1.807, 2.05) is 0 Å². The number of nitrogens with zero attached hydrogens (tertiary/aromatic N) is 2. The molecular formula is C13H15F3N2O3. The molecule has 1 aromatic rings. The van der Waals surface area contributed by atoms with E-state index in [0.29, 0.717) is 32.0 Å². The standard InChI is InChI=1S/C13H15F3N2O3/c14-13(15,16)10-1-2-11(12(7-10)18(20)21)17-5-3-9(8-19)4-6-17/h1-2,7,9,19H,3-6,8H2. The third-order valence-corrected chi connectivity index (χ3v) is 3.71. The molecule has 0 radical (unpaired) electrons. The molecule has 1 fully saturated rings. The van der Waals surface area contributed by atoms with Crippen molar-refractivity contribution >= 4 is 11.4 Å². The van der Waals surface area contributed by atoms with Crippen LogP contribution >= 0.6 is 0 Å². The summed E-state index contributed by atoms with van der Waals surface area (Å²) < 4.78 is 37.9. The minimum Gasteiger partial charge on any atom is -0.396 e. The smallest absolute Gasteiger partial charge is 0.396 e. The first-order chi connectivity index (χ1) is 9.82. The van der Waals surface area contributed by atoms with Gasteiger partial charge in [0.05, 0.1) is 10.5 Å². The Morgan fingerprint density at radius 3 is 2.43 bits per heavy atom. The highest BCUT2D eigenvalue weighted by molar-refractivity contribution is 5.64. The summed E-state index contributed by atoms with van der Waals surface area (Å²) in [5.41, 5.74) is -1.36. The van der Waals surface area contributed by atoms with Gasteiger partial charge in [0.2, 0.25) is 0 Å². The number of rotatable bonds is 3. The maximum absolute atomic E-state index is 12.6. The zero-order chi connectivity index (χ0) is 15.6. The van der Waals surface area contributed by atoms with Gasteiger partial charge in [-0.05, 0) is 30.9 Å². The van der Waals surface area contributed by atoms with Crippen LogP contribution in [0.4, 0.5) is 24.5 Å². The van der Waals surface area contributed by atoms with Gasteiger partial charge < -0.3 is 10.0 Å². The lowest BCUT2D eigenvalue weighted by atomic mass is 9.97. The minimum atomic E-state index is -4.60. The van der Waals surface area contributed by atoms with Gasteiger partial charge in [-0.3, -0.25) is 10.1 Å². The fraction of sp³-hybridized carbons (Fsp3) is 0.538. The summed E-state index contributed by atoms with van der Waals surface area (Å²) in [6.45, 7) is 1.03. The molecule has 116 valence electrons. The SMILES string of the molecule is O=[N+]([O-])c1cc(C(F)(F)F)ccc1N1CCC(CO)CC1. The van der Waals surface area contributed by atoms with Crippen molar-refractivity contribution in [3.63, 3.8) is 0 Å². The van der Waals surface area contributed by atoms with Crippen molar-refractivity contribution in [1.29, 1.82) is 0 Å². The summed E-state index contributed by atoms with van der Waals surface area (Å²) in [5.74, 6) is 0.148. The molecule has 2 rings (SSSR count). The van der Waals surface area contributed by atoms with Crippen molar-refractivity contribution < 1.29 is 23.2 Å². The van der Waals surface area contributed by atoms with Crippen molar-refractivity contribution in [2.45, 2.75) is 19.0 Å².